The lowest BCUT2D eigenvalue weighted by Gasteiger charge is -2.28. The van der Waals surface area contributed by atoms with Crippen LogP contribution in [0.5, 0.6) is 0 Å². The Kier molecular flexibility index (Phi) is 5.22. The minimum atomic E-state index is -0.959. The molecule has 0 fully saturated rings. The zero-order valence-corrected chi connectivity index (χ0v) is 10.6. The summed E-state index contributed by atoms with van der Waals surface area (Å²) in [6.07, 6.45) is 1.42. The van der Waals surface area contributed by atoms with E-state index in [1.807, 2.05) is 24.3 Å². The fourth-order valence-electron chi connectivity index (χ4n) is 1.50. The Balaban J connectivity index is 2.58. The van der Waals surface area contributed by atoms with E-state index in [-0.39, 0.29) is 0 Å². The van der Waals surface area contributed by atoms with Crippen molar-refractivity contribution in [1.29, 1.82) is 0 Å². The van der Waals surface area contributed by atoms with Gasteiger partial charge >= 0.3 is 0 Å². The van der Waals surface area contributed by atoms with Gasteiger partial charge in [-0.1, -0.05) is 23.7 Å². The van der Waals surface area contributed by atoms with Crippen molar-refractivity contribution in [3.8, 4) is 0 Å². The van der Waals surface area contributed by atoms with Gasteiger partial charge in [-0.15, -0.1) is 0 Å². The number of ether oxygens (including phenoxy) is 3. The van der Waals surface area contributed by atoms with Crippen molar-refractivity contribution in [2.75, 3.05) is 21.3 Å². The molecule has 0 bridgehead atoms. The fourth-order valence-corrected chi connectivity index (χ4v) is 1.63. The van der Waals surface area contributed by atoms with Gasteiger partial charge in [0.15, 0.2) is 0 Å². The predicted molar refractivity (Wildman–Crippen MR) is 63.5 cm³/mol. The Bertz CT molecular complexity index is 298. The van der Waals surface area contributed by atoms with Gasteiger partial charge in [0, 0.05) is 32.8 Å². The van der Waals surface area contributed by atoms with Crippen LogP contribution >= 0.6 is 11.6 Å². The minimum absolute atomic E-state index is 0.623. The largest absolute Gasteiger partial charge is 0.331 e. The molecule has 0 saturated carbocycles. The van der Waals surface area contributed by atoms with E-state index in [0.717, 1.165) is 11.4 Å². The molecule has 0 N–H and O–H groups in total. The summed E-state index contributed by atoms with van der Waals surface area (Å²) in [6.45, 7) is 0. The number of hydrogen-bond donors (Lipinski definition) is 0. The lowest BCUT2D eigenvalue weighted by atomic mass is 10.1. The molecule has 0 radical (unpaired) electrons. The highest BCUT2D eigenvalue weighted by atomic mass is 35.5. The molecule has 0 heterocycles. The average Bonchev–Trinajstić information content (AvgIpc) is 2.34. The van der Waals surface area contributed by atoms with Gasteiger partial charge in [0.05, 0.1) is 0 Å². The summed E-state index contributed by atoms with van der Waals surface area (Å²) in [5, 5.41) is 0.736. The maximum Gasteiger partial charge on any atom is 0.282 e. The van der Waals surface area contributed by atoms with E-state index in [1.165, 1.54) is 5.56 Å². The Morgan fingerprint density at radius 2 is 1.50 bits per heavy atom. The first-order valence-electron chi connectivity index (χ1n) is 5.05. The van der Waals surface area contributed by atoms with E-state index in [1.54, 1.807) is 21.3 Å². The fraction of sp³-hybridized carbons (Fsp3) is 0.500. The highest BCUT2D eigenvalue weighted by Gasteiger charge is 2.28. The van der Waals surface area contributed by atoms with Crippen LogP contribution in [0.25, 0.3) is 0 Å². The third-order valence-corrected chi connectivity index (χ3v) is 2.82. The van der Waals surface area contributed by atoms with Crippen LogP contribution in [0.2, 0.25) is 5.02 Å². The highest BCUT2D eigenvalue weighted by Crippen LogP contribution is 2.20. The van der Waals surface area contributed by atoms with E-state index in [2.05, 4.69) is 0 Å². The Morgan fingerprint density at radius 1 is 1.00 bits per heavy atom. The second-order valence-electron chi connectivity index (χ2n) is 3.42. The summed E-state index contributed by atoms with van der Waals surface area (Å²) in [5.41, 5.74) is 1.17. The molecular formula is C12H17ClO3. The summed E-state index contributed by atoms with van der Waals surface area (Å²) < 4.78 is 15.6. The molecule has 0 atom stereocenters. The lowest BCUT2D eigenvalue weighted by molar-refractivity contribution is -0.354. The van der Waals surface area contributed by atoms with Gasteiger partial charge in [-0.25, -0.2) is 0 Å². The van der Waals surface area contributed by atoms with Crippen molar-refractivity contribution in [2.45, 2.75) is 18.8 Å². The van der Waals surface area contributed by atoms with Crippen LogP contribution in [0, 0.1) is 0 Å². The van der Waals surface area contributed by atoms with Crippen molar-refractivity contribution in [1.82, 2.24) is 0 Å². The Labute approximate surface area is 101 Å². The number of methoxy groups -OCH3 is 3. The average molecular weight is 245 g/mol. The van der Waals surface area contributed by atoms with Crippen LogP contribution in [0.1, 0.15) is 12.0 Å². The molecule has 0 amide bonds. The summed E-state index contributed by atoms with van der Waals surface area (Å²) in [7, 11) is 4.69. The number of hydrogen-bond acceptors (Lipinski definition) is 3. The maximum atomic E-state index is 5.81. The molecule has 0 unspecified atom stereocenters. The first kappa shape index (κ1) is 13.5. The van der Waals surface area contributed by atoms with Crippen LogP contribution in [0.15, 0.2) is 24.3 Å². The molecule has 0 aliphatic carbocycles. The van der Waals surface area contributed by atoms with E-state index in [9.17, 15) is 0 Å². The summed E-state index contributed by atoms with van der Waals surface area (Å²) >= 11 is 5.81. The monoisotopic (exact) mass is 244 g/mol. The van der Waals surface area contributed by atoms with Crippen LogP contribution in [-0.2, 0) is 20.6 Å². The maximum absolute atomic E-state index is 5.81. The lowest BCUT2D eigenvalue weighted by Crippen LogP contribution is -2.36. The van der Waals surface area contributed by atoms with E-state index in [0.29, 0.717) is 6.42 Å². The summed E-state index contributed by atoms with van der Waals surface area (Å²) in [5.74, 6) is -0.959. The number of benzene rings is 1. The Hall–Kier alpha value is -0.610. The summed E-state index contributed by atoms with van der Waals surface area (Å²) in [4.78, 5) is 0. The molecular weight excluding hydrogens is 228 g/mol. The third kappa shape index (κ3) is 3.46. The topological polar surface area (TPSA) is 27.7 Å². The number of aryl methyl sites for hydroxylation is 1. The van der Waals surface area contributed by atoms with Gasteiger partial charge in [-0.3, -0.25) is 0 Å². The number of rotatable bonds is 6. The van der Waals surface area contributed by atoms with Crippen LogP contribution in [0.3, 0.4) is 0 Å². The van der Waals surface area contributed by atoms with Gasteiger partial charge in [0.25, 0.3) is 5.97 Å². The molecule has 16 heavy (non-hydrogen) atoms. The zero-order chi connectivity index (χ0) is 12.0. The molecule has 0 aliphatic rings. The van der Waals surface area contributed by atoms with E-state index >= 15 is 0 Å². The number of halogens is 1. The quantitative estimate of drug-likeness (QED) is 0.721. The molecule has 1 rings (SSSR count). The normalized spacial score (nSPS) is 11.8. The first-order valence-corrected chi connectivity index (χ1v) is 5.43. The second kappa shape index (κ2) is 6.21. The molecule has 1 aromatic rings. The van der Waals surface area contributed by atoms with Gasteiger partial charge in [-0.05, 0) is 24.1 Å². The van der Waals surface area contributed by atoms with E-state index in [4.69, 9.17) is 25.8 Å². The zero-order valence-electron chi connectivity index (χ0n) is 9.83. The van der Waals surface area contributed by atoms with Gasteiger partial charge < -0.3 is 14.2 Å². The molecule has 0 spiro atoms. The van der Waals surface area contributed by atoms with Crippen molar-refractivity contribution < 1.29 is 14.2 Å². The van der Waals surface area contributed by atoms with Crippen molar-refractivity contribution in [3.05, 3.63) is 34.9 Å². The molecule has 90 valence electrons. The van der Waals surface area contributed by atoms with Crippen LogP contribution in [0.4, 0.5) is 0 Å². The predicted octanol–water partition coefficient (Wildman–Crippen LogP) is 2.87. The van der Waals surface area contributed by atoms with Crippen molar-refractivity contribution >= 4 is 11.6 Å². The third-order valence-electron chi connectivity index (χ3n) is 2.57. The van der Waals surface area contributed by atoms with Gasteiger partial charge in [-0.2, -0.15) is 0 Å². The van der Waals surface area contributed by atoms with E-state index < -0.39 is 5.97 Å². The molecule has 0 saturated heterocycles. The molecule has 3 nitrogen and oxygen atoms in total. The second-order valence-corrected chi connectivity index (χ2v) is 3.86. The molecule has 0 aromatic heterocycles. The minimum Gasteiger partial charge on any atom is -0.331 e. The molecule has 0 aliphatic heterocycles. The standard InChI is InChI=1S/C12H17ClO3/c1-14-12(15-2,16-3)9-8-10-4-6-11(13)7-5-10/h4-7H,8-9H2,1-3H3. The first-order chi connectivity index (χ1) is 7.65. The van der Waals surface area contributed by atoms with Crippen molar-refractivity contribution in [3.63, 3.8) is 0 Å². The van der Waals surface area contributed by atoms with Gasteiger partial charge in [0.2, 0.25) is 0 Å². The SMILES string of the molecule is COC(CCc1ccc(Cl)cc1)(OC)OC. The molecule has 4 heteroatoms. The van der Waals surface area contributed by atoms with Crippen LogP contribution in [-0.4, -0.2) is 27.3 Å². The van der Waals surface area contributed by atoms with Gasteiger partial charge in [0.1, 0.15) is 0 Å². The highest BCUT2D eigenvalue weighted by molar-refractivity contribution is 6.30. The smallest absolute Gasteiger partial charge is 0.282 e. The molecule has 1 aromatic carbocycles. The van der Waals surface area contributed by atoms with Crippen molar-refractivity contribution in [2.24, 2.45) is 0 Å². The Morgan fingerprint density at radius 3 is 1.94 bits per heavy atom. The summed E-state index contributed by atoms with van der Waals surface area (Å²) in [6, 6.07) is 7.69. The van der Waals surface area contributed by atoms with Crippen LogP contribution < -0.4 is 0 Å².